The number of nitrogens with zero attached hydrogens (tertiary/aromatic N) is 1. The molecule has 2 aromatic rings. The lowest BCUT2D eigenvalue weighted by Gasteiger charge is -2.23. The summed E-state index contributed by atoms with van der Waals surface area (Å²) in [5.74, 6) is -0.958. The second-order valence-corrected chi connectivity index (χ2v) is 6.89. The largest absolute Gasteiger partial charge is 0.513 e. The molecule has 2 rings (SSSR count). The lowest BCUT2D eigenvalue weighted by Crippen LogP contribution is -2.34. The van der Waals surface area contributed by atoms with Crippen molar-refractivity contribution >= 4 is 19.4 Å². The van der Waals surface area contributed by atoms with Crippen molar-refractivity contribution in [3.8, 4) is 17.2 Å². The fourth-order valence-corrected chi connectivity index (χ4v) is 3.49. The van der Waals surface area contributed by atoms with Crippen molar-refractivity contribution in [2.24, 2.45) is 0 Å². The summed E-state index contributed by atoms with van der Waals surface area (Å²) in [7, 11) is -2.85. The molecule has 2 N–H and O–H groups in total. The molecule has 2 atom stereocenters. The summed E-state index contributed by atoms with van der Waals surface area (Å²) in [5, 5.41) is 22.1. The highest BCUT2D eigenvalue weighted by Gasteiger charge is 2.34. The summed E-state index contributed by atoms with van der Waals surface area (Å²) < 4.78 is 29.0. The Labute approximate surface area is 154 Å². The zero-order valence-corrected chi connectivity index (χ0v) is 15.3. The SMILES string of the molecule is COc1ccccc1OP(=O)(N[C@@H](C)C(=O)O)Oc1ccc([N+](=O)[O-])cc1. The standard InChI is InChI=1S/C16H17N2O8P/c1-11(16(19)20)17-27(23,26-15-6-4-3-5-14(15)24-2)25-13-9-7-12(8-10-13)18(21)22/h3-11H,1-2H3,(H,17,23)(H,19,20)/t11-,27?/m0/s1. The van der Waals surface area contributed by atoms with Crippen molar-refractivity contribution in [2.45, 2.75) is 13.0 Å². The number of ether oxygens (including phenoxy) is 1. The molecule has 11 heteroatoms. The van der Waals surface area contributed by atoms with E-state index in [0.717, 1.165) is 12.1 Å². The van der Waals surface area contributed by atoms with Gasteiger partial charge in [0, 0.05) is 12.1 Å². The number of carboxylic acid groups (broad SMARTS) is 1. The van der Waals surface area contributed by atoms with E-state index in [1.54, 1.807) is 18.2 Å². The maximum Gasteiger partial charge on any atom is 0.513 e. The fraction of sp³-hybridized carbons (Fsp3) is 0.188. The predicted molar refractivity (Wildman–Crippen MR) is 95.2 cm³/mol. The number of para-hydroxylation sites is 2. The molecule has 2 aromatic carbocycles. The molecule has 1 unspecified atom stereocenters. The highest BCUT2D eigenvalue weighted by molar-refractivity contribution is 7.52. The molecule has 0 spiro atoms. The molecule has 0 aliphatic rings. The number of hydrogen-bond donors (Lipinski definition) is 2. The monoisotopic (exact) mass is 396 g/mol. The average molecular weight is 396 g/mol. The molecule has 0 amide bonds. The molecular formula is C16H17N2O8P. The lowest BCUT2D eigenvalue weighted by atomic mass is 10.3. The van der Waals surface area contributed by atoms with E-state index >= 15 is 0 Å². The summed E-state index contributed by atoms with van der Waals surface area (Å²) in [6.07, 6.45) is 0. The quantitative estimate of drug-likeness (QED) is 0.372. The van der Waals surface area contributed by atoms with E-state index in [1.807, 2.05) is 0 Å². The second-order valence-electron chi connectivity index (χ2n) is 5.27. The highest BCUT2D eigenvalue weighted by Crippen LogP contribution is 2.47. The number of carboxylic acids is 1. The van der Waals surface area contributed by atoms with E-state index in [-0.39, 0.29) is 22.9 Å². The van der Waals surface area contributed by atoms with Gasteiger partial charge < -0.3 is 18.9 Å². The van der Waals surface area contributed by atoms with Crippen LogP contribution in [0.1, 0.15) is 6.92 Å². The lowest BCUT2D eigenvalue weighted by molar-refractivity contribution is -0.384. The number of nitro benzene ring substituents is 1. The number of carbonyl (C=O) groups is 1. The number of rotatable bonds is 9. The average Bonchev–Trinajstić information content (AvgIpc) is 2.62. The van der Waals surface area contributed by atoms with Gasteiger partial charge in [-0.1, -0.05) is 12.1 Å². The molecule has 0 saturated heterocycles. The van der Waals surface area contributed by atoms with Crippen molar-refractivity contribution in [3.63, 3.8) is 0 Å². The van der Waals surface area contributed by atoms with Crippen LogP contribution in [-0.4, -0.2) is 29.2 Å². The third kappa shape index (κ3) is 5.44. The van der Waals surface area contributed by atoms with E-state index < -0.39 is 24.7 Å². The maximum absolute atomic E-state index is 13.1. The Morgan fingerprint density at radius 3 is 2.26 bits per heavy atom. The Balaban J connectivity index is 2.33. The van der Waals surface area contributed by atoms with Crippen molar-refractivity contribution in [1.82, 2.24) is 5.09 Å². The van der Waals surface area contributed by atoms with Gasteiger partial charge in [-0.15, -0.1) is 0 Å². The van der Waals surface area contributed by atoms with Crippen LogP contribution in [0.5, 0.6) is 17.2 Å². The van der Waals surface area contributed by atoms with Crippen LogP contribution in [0, 0.1) is 10.1 Å². The first-order chi connectivity index (χ1) is 12.7. The Bertz CT molecular complexity index is 871. The summed E-state index contributed by atoms with van der Waals surface area (Å²) in [4.78, 5) is 21.3. The molecule has 0 radical (unpaired) electrons. The van der Waals surface area contributed by atoms with Gasteiger partial charge in [0.05, 0.1) is 12.0 Å². The number of nitro groups is 1. The molecule has 27 heavy (non-hydrogen) atoms. The van der Waals surface area contributed by atoms with Crippen LogP contribution >= 0.6 is 7.75 Å². The van der Waals surface area contributed by atoms with Crippen LogP contribution in [0.25, 0.3) is 0 Å². The molecule has 0 heterocycles. The van der Waals surface area contributed by atoms with Crippen LogP contribution in [0.15, 0.2) is 48.5 Å². The van der Waals surface area contributed by atoms with Gasteiger partial charge >= 0.3 is 13.7 Å². The van der Waals surface area contributed by atoms with Crippen molar-refractivity contribution in [3.05, 3.63) is 58.6 Å². The Morgan fingerprint density at radius 1 is 1.15 bits per heavy atom. The van der Waals surface area contributed by atoms with Gasteiger partial charge in [-0.05, 0) is 31.2 Å². The third-order valence-electron chi connectivity index (χ3n) is 3.28. The smallest absolute Gasteiger partial charge is 0.493 e. The molecule has 144 valence electrons. The molecule has 0 aromatic heterocycles. The molecule has 0 saturated carbocycles. The number of non-ortho nitro benzene ring substituents is 1. The Morgan fingerprint density at radius 2 is 1.74 bits per heavy atom. The predicted octanol–water partition coefficient (Wildman–Crippen LogP) is 3.23. The van der Waals surface area contributed by atoms with Gasteiger partial charge in [0.25, 0.3) is 5.69 Å². The van der Waals surface area contributed by atoms with Crippen LogP contribution in [-0.2, 0) is 9.36 Å². The first kappa shape index (κ1) is 20.2. The van der Waals surface area contributed by atoms with Gasteiger partial charge in [-0.25, -0.2) is 4.57 Å². The topological polar surface area (TPSA) is 137 Å². The van der Waals surface area contributed by atoms with Crippen LogP contribution in [0.3, 0.4) is 0 Å². The van der Waals surface area contributed by atoms with Crippen molar-refractivity contribution in [2.75, 3.05) is 7.11 Å². The normalized spacial score (nSPS) is 13.9. The summed E-state index contributed by atoms with van der Waals surface area (Å²) in [5.41, 5.74) is -0.185. The minimum atomic E-state index is -4.23. The molecule has 10 nitrogen and oxygen atoms in total. The number of hydrogen-bond acceptors (Lipinski definition) is 7. The van der Waals surface area contributed by atoms with Gasteiger partial charge in [-0.3, -0.25) is 14.9 Å². The zero-order valence-electron chi connectivity index (χ0n) is 14.4. The molecule has 0 aliphatic carbocycles. The fourth-order valence-electron chi connectivity index (χ4n) is 1.95. The third-order valence-corrected chi connectivity index (χ3v) is 4.87. The Kier molecular flexibility index (Phi) is 6.38. The van der Waals surface area contributed by atoms with Crippen LogP contribution in [0.2, 0.25) is 0 Å². The second kappa shape index (κ2) is 8.52. The van der Waals surface area contributed by atoms with Gasteiger partial charge in [0.2, 0.25) is 0 Å². The summed E-state index contributed by atoms with van der Waals surface area (Å²) >= 11 is 0. The van der Waals surface area contributed by atoms with E-state index in [1.165, 1.54) is 32.2 Å². The maximum atomic E-state index is 13.1. The van der Waals surface area contributed by atoms with Gasteiger partial charge in [0.15, 0.2) is 11.5 Å². The molecular weight excluding hydrogens is 379 g/mol. The van der Waals surface area contributed by atoms with E-state index in [9.17, 15) is 19.5 Å². The van der Waals surface area contributed by atoms with Crippen molar-refractivity contribution < 1.29 is 33.2 Å². The summed E-state index contributed by atoms with van der Waals surface area (Å²) in [6, 6.07) is 9.81. The van der Waals surface area contributed by atoms with E-state index in [2.05, 4.69) is 5.09 Å². The molecule has 0 bridgehead atoms. The van der Waals surface area contributed by atoms with Crippen LogP contribution in [0.4, 0.5) is 5.69 Å². The minimum absolute atomic E-state index is 0.0103. The Hall–Kier alpha value is -3.10. The minimum Gasteiger partial charge on any atom is -0.493 e. The first-order valence-electron chi connectivity index (χ1n) is 7.61. The van der Waals surface area contributed by atoms with Crippen LogP contribution < -0.4 is 18.9 Å². The van der Waals surface area contributed by atoms with E-state index in [0.29, 0.717) is 0 Å². The first-order valence-corrected chi connectivity index (χ1v) is 9.15. The number of nitrogens with one attached hydrogen (secondary N) is 1. The molecule has 0 fully saturated rings. The summed E-state index contributed by atoms with van der Waals surface area (Å²) in [6.45, 7) is 1.26. The van der Waals surface area contributed by atoms with E-state index in [4.69, 9.17) is 18.9 Å². The number of methoxy groups -OCH3 is 1. The zero-order chi connectivity index (χ0) is 20.0. The number of aliphatic carboxylic acids is 1. The highest BCUT2D eigenvalue weighted by atomic mass is 31.2. The van der Waals surface area contributed by atoms with Crippen molar-refractivity contribution in [1.29, 1.82) is 0 Å². The number of benzene rings is 2. The van der Waals surface area contributed by atoms with Gasteiger partial charge in [-0.2, -0.15) is 5.09 Å². The van der Waals surface area contributed by atoms with Gasteiger partial charge in [0.1, 0.15) is 11.8 Å². The molecule has 0 aliphatic heterocycles.